The van der Waals surface area contributed by atoms with Crippen LogP contribution in [0.4, 0.5) is 5.69 Å². The first-order valence-corrected chi connectivity index (χ1v) is 8.65. The number of para-hydroxylation sites is 1. The largest absolute Gasteiger partial charge is 0.487 e. The molecule has 25 heavy (non-hydrogen) atoms. The van der Waals surface area contributed by atoms with E-state index in [4.69, 9.17) is 9.31 Å². The molecule has 1 unspecified atom stereocenters. The van der Waals surface area contributed by atoms with E-state index in [-0.39, 0.29) is 11.8 Å². The standard InChI is InChI=1S/C20H22BNO3/c1-19(2)20(3,4)25-21(24-19)17-15-12-8-9-13-16(15)18(23)22(17)14-10-6-5-7-11-14/h5-13,17H,1-4H3. The SMILES string of the molecule is CC1(C)OB(C2c3ccccc3C(=O)N2c2ccccc2)OC1(C)C. The van der Waals surface area contributed by atoms with Crippen molar-refractivity contribution in [3.05, 3.63) is 65.7 Å². The van der Waals surface area contributed by atoms with Gasteiger partial charge < -0.3 is 14.2 Å². The first-order valence-electron chi connectivity index (χ1n) is 8.65. The molecule has 5 heteroatoms. The lowest BCUT2D eigenvalue weighted by Crippen LogP contribution is -2.41. The smallest absolute Gasteiger partial charge is 0.402 e. The summed E-state index contributed by atoms with van der Waals surface area (Å²) in [6.45, 7) is 8.12. The van der Waals surface area contributed by atoms with Crippen molar-refractivity contribution in [3.63, 3.8) is 0 Å². The number of hydrogen-bond acceptors (Lipinski definition) is 3. The second-order valence-electron chi connectivity index (χ2n) is 7.67. The Morgan fingerprint density at radius 3 is 2.08 bits per heavy atom. The Hall–Kier alpha value is -2.11. The third-order valence-electron chi connectivity index (χ3n) is 5.57. The van der Waals surface area contributed by atoms with Crippen LogP contribution < -0.4 is 4.90 Å². The molecule has 2 heterocycles. The van der Waals surface area contributed by atoms with E-state index in [0.29, 0.717) is 5.56 Å². The molecule has 1 atom stereocenters. The van der Waals surface area contributed by atoms with Crippen molar-refractivity contribution in [1.29, 1.82) is 0 Å². The third-order valence-corrected chi connectivity index (χ3v) is 5.57. The monoisotopic (exact) mass is 335 g/mol. The molecule has 0 spiro atoms. The fourth-order valence-electron chi connectivity index (χ4n) is 3.50. The number of amides is 1. The molecule has 0 N–H and O–H groups in total. The second kappa shape index (κ2) is 5.45. The van der Waals surface area contributed by atoms with Crippen molar-refractivity contribution in [1.82, 2.24) is 0 Å². The van der Waals surface area contributed by atoms with Crippen LogP contribution in [0.2, 0.25) is 0 Å². The maximum absolute atomic E-state index is 13.1. The Kier molecular flexibility index (Phi) is 3.57. The van der Waals surface area contributed by atoms with Gasteiger partial charge in [-0.3, -0.25) is 4.79 Å². The first kappa shape index (κ1) is 16.4. The predicted octanol–water partition coefficient (Wildman–Crippen LogP) is 4.02. The zero-order valence-corrected chi connectivity index (χ0v) is 15.0. The molecule has 1 fully saturated rings. The normalized spacial score (nSPS) is 23.8. The van der Waals surface area contributed by atoms with Gasteiger partial charge in [0.05, 0.1) is 17.1 Å². The lowest BCUT2D eigenvalue weighted by Gasteiger charge is -2.32. The highest BCUT2D eigenvalue weighted by Crippen LogP contribution is 2.46. The van der Waals surface area contributed by atoms with Crippen LogP contribution in [0.25, 0.3) is 0 Å². The first-order chi connectivity index (χ1) is 11.8. The minimum absolute atomic E-state index is 0.0125. The Labute approximate surface area is 148 Å². The Balaban J connectivity index is 1.82. The van der Waals surface area contributed by atoms with E-state index in [1.54, 1.807) is 4.90 Å². The average Bonchev–Trinajstić information content (AvgIpc) is 2.99. The van der Waals surface area contributed by atoms with E-state index in [2.05, 4.69) is 0 Å². The maximum atomic E-state index is 13.1. The summed E-state index contributed by atoms with van der Waals surface area (Å²) in [4.78, 5) is 14.9. The van der Waals surface area contributed by atoms with E-state index in [1.165, 1.54) is 0 Å². The quantitative estimate of drug-likeness (QED) is 0.778. The van der Waals surface area contributed by atoms with Crippen LogP contribution in [0.15, 0.2) is 54.6 Å². The Morgan fingerprint density at radius 2 is 1.44 bits per heavy atom. The highest BCUT2D eigenvalue weighted by atomic mass is 16.7. The molecule has 2 aliphatic heterocycles. The van der Waals surface area contributed by atoms with Gasteiger partial charge in [0.2, 0.25) is 0 Å². The highest BCUT2D eigenvalue weighted by Gasteiger charge is 2.58. The van der Waals surface area contributed by atoms with Crippen LogP contribution in [0.5, 0.6) is 0 Å². The van der Waals surface area contributed by atoms with Gasteiger partial charge in [-0.1, -0.05) is 36.4 Å². The number of carbonyl (C=O) groups is 1. The van der Waals surface area contributed by atoms with Crippen LogP contribution >= 0.6 is 0 Å². The molecule has 0 bridgehead atoms. The van der Waals surface area contributed by atoms with Crippen molar-refractivity contribution in [3.8, 4) is 0 Å². The molecular weight excluding hydrogens is 313 g/mol. The van der Waals surface area contributed by atoms with Gasteiger partial charge in [-0.15, -0.1) is 0 Å². The summed E-state index contributed by atoms with van der Waals surface area (Å²) in [6.07, 6.45) is 0. The zero-order chi connectivity index (χ0) is 17.8. The molecule has 0 radical (unpaired) electrons. The summed E-state index contributed by atoms with van der Waals surface area (Å²) < 4.78 is 12.6. The van der Waals surface area contributed by atoms with Crippen LogP contribution in [-0.4, -0.2) is 24.2 Å². The van der Waals surface area contributed by atoms with Crippen LogP contribution in [0, 0.1) is 0 Å². The number of carbonyl (C=O) groups excluding carboxylic acids is 1. The van der Waals surface area contributed by atoms with Crippen molar-refractivity contribution < 1.29 is 14.1 Å². The zero-order valence-electron chi connectivity index (χ0n) is 15.0. The summed E-state index contributed by atoms with van der Waals surface area (Å²) in [6, 6.07) is 17.4. The van der Waals surface area contributed by atoms with Gasteiger partial charge >= 0.3 is 7.12 Å². The molecule has 1 saturated heterocycles. The predicted molar refractivity (Wildman–Crippen MR) is 98.5 cm³/mol. The summed E-state index contributed by atoms with van der Waals surface area (Å²) in [5.74, 6) is -0.311. The summed E-state index contributed by atoms with van der Waals surface area (Å²) in [5, 5.41) is 0. The lowest BCUT2D eigenvalue weighted by molar-refractivity contribution is 0.00578. The minimum Gasteiger partial charge on any atom is -0.402 e. The van der Waals surface area contributed by atoms with Gasteiger partial charge in [-0.2, -0.15) is 0 Å². The van der Waals surface area contributed by atoms with Crippen molar-refractivity contribution >= 4 is 18.7 Å². The van der Waals surface area contributed by atoms with Crippen LogP contribution in [-0.2, 0) is 9.31 Å². The third kappa shape index (κ3) is 2.42. The molecule has 1 amide bonds. The van der Waals surface area contributed by atoms with Gasteiger partial charge in [-0.05, 0) is 51.5 Å². The van der Waals surface area contributed by atoms with E-state index in [0.717, 1.165) is 11.3 Å². The van der Waals surface area contributed by atoms with Crippen molar-refractivity contribution in [2.45, 2.75) is 44.8 Å². The molecule has 2 aliphatic rings. The number of anilines is 1. The number of fused-ring (bicyclic) bond motifs is 1. The molecule has 128 valence electrons. The molecule has 0 saturated carbocycles. The molecule has 0 aliphatic carbocycles. The molecule has 2 aromatic rings. The van der Waals surface area contributed by atoms with E-state index in [9.17, 15) is 4.79 Å². The molecular formula is C20H22BNO3. The number of nitrogens with zero attached hydrogens (tertiary/aromatic N) is 1. The molecule has 0 aromatic heterocycles. The van der Waals surface area contributed by atoms with E-state index < -0.39 is 18.3 Å². The Bertz CT molecular complexity index is 803. The van der Waals surface area contributed by atoms with Gasteiger partial charge in [-0.25, -0.2) is 0 Å². The van der Waals surface area contributed by atoms with Crippen molar-refractivity contribution in [2.24, 2.45) is 0 Å². The van der Waals surface area contributed by atoms with Gasteiger partial charge in [0, 0.05) is 11.3 Å². The van der Waals surface area contributed by atoms with Gasteiger partial charge in [0.25, 0.3) is 5.91 Å². The summed E-state index contributed by atoms with van der Waals surface area (Å²) in [5.41, 5.74) is 1.63. The Morgan fingerprint density at radius 1 is 0.880 bits per heavy atom. The fourth-order valence-corrected chi connectivity index (χ4v) is 3.50. The van der Waals surface area contributed by atoms with E-state index >= 15 is 0 Å². The lowest BCUT2D eigenvalue weighted by atomic mass is 9.74. The highest BCUT2D eigenvalue weighted by molar-refractivity contribution is 6.50. The topological polar surface area (TPSA) is 38.8 Å². The number of rotatable bonds is 2. The van der Waals surface area contributed by atoms with Crippen LogP contribution in [0.1, 0.15) is 49.6 Å². The van der Waals surface area contributed by atoms with Gasteiger partial charge in [0.1, 0.15) is 0 Å². The molecule has 2 aromatic carbocycles. The fraction of sp³-hybridized carbons (Fsp3) is 0.350. The summed E-state index contributed by atoms with van der Waals surface area (Å²) in [7, 11) is -0.516. The molecule has 4 nitrogen and oxygen atoms in total. The average molecular weight is 335 g/mol. The van der Waals surface area contributed by atoms with E-state index in [1.807, 2.05) is 82.3 Å². The second-order valence-corrected chi connectivity index (χ2v) is 7.67. The number of hydrogen-bond donors (Lipinski definition) is 0. The minimum atomic E-state index is -0.516. The summed E-state index contributed by atoms with van der Waals surface area (Å²) >= 11 is 0. The molecule has 4 rings (SSSR count). The number of benzene rings is 2. The van der Waals surface area contributed by atoms with Crippen molar-refractivity contribution in [2.75, 3.05) is 4.90 Å². The van der Waals surface area contributed by atoms with Gasteiger partial charge in [0.15, 0.2) is 0 Å². The van der Waals surface area contributed by atoms with Crippen LogP contribution in [0.3, 0.4) is 0 Å². The maximum Gasteiger partial charge on any atom is 0.487 e.